The Kier molecular flexibility index (Phi) is 29.1. The van der Waals surface area contributed by atoms with E-state index in [0.29, 0.717) is 76.7 Å². The van der Waals surface area contributed by atoms with Crippen LogP contribution in [0.2, 0.25) is 0 Å². The van der Waals surface area contributed by atoms with Gasteiger partial charge in [0.1, 0.15) is 18.1 Å². The van der Waals surface area contributed by atoms with Crippen molar-refractivity contribution in [2.75, 3.05) is 72.1 Å². The van der Waals surface area contributed by atoms with Gasteiger partial charge in [-0.15, -0.1) is 0 Å². The van der Waals surface area contributed by atoms with Crippen LogP contribution in [0.4, 0.5) is 0 Å². The molecular weight excluding hydrogens is 819 g/mol. The van der Waals surface area contributed by atoms with E-state index in [4.69, 9.17) is 45.9 Å². The number of carbonyl (C=O) groups is 6. The first-order chi connectivity index (χ1) is 30.2. The number of nitrogens with two attached hydrogens (primary N) is 8. The smallest absolute Gasteiger partial charge is 0.243 e. The van der Waals surface area contributed by atoms with Crippen LogP contribution in [0, 0.1) is 0 Å². The Bertz CT molecular complexity index is 1550. The average Bonchev–Trinajstić information content (AvgIpc) is 3.76. The van der Waals surface area contributed by atoms with Crippen LogP contribution in [0.1, 0.15) is 89.2 Å². The fourth-order valence-electron chi connectivity index (χ4n) is 6.86. The first-order valence-corrected chi connectivity index (χ1v) is 21.7. The summed E-state index contributed by atoms with van der Waals surface area (Å²) in [5, 5.41) is 15.2. The van der Waals surface area contributed by atoms with E-state index in [-0.39, 0.29) is 108 Å². The highest BCUT2D eigenvalue weighted by Gasteiger charge is 2.33. The van der Waals surface area contributed by atoms with Gasteiger partial charge in [0.25, 0.3) is 0 Å². The lowest BCUT2D eigenvalue weighted by Gasteiger charge is -2.33. The van der Waals surface area contributed by atoms with Crippen molar-refractivity contribution < 1.29 is 33.9 Å². The number of aliphatic hydroxyl groups is 1. The molecule has 0 aliphatic carbocycles. The van der Waals surface area contributed by atoms with E-state index in [1.807, 2.05) is 0 Å². The van der Waals surface area contributed by atoms with Crippen LogP contribution in [-0.4, -0.2) is 167 Å². The van der Waals surface area contributed by atoms with Crippen LogP contribution in [0.5, 0.6) is 0 Å². The largest absolute Gasteiger partial charge is 0.396 e. The molecule has 20 N–H and O–H groups in total. The molecule has 0 fully saturated rings. The molecule has 0 saturated heterocycles. The molecular formula is C39H75N17O7. The highest BCUT2D eigenvalue weighted by atomic mass is 16.3. The lowest BCUT2D eigenvalue weighted by atomic mass is 10.1. The Morgan fingerprint density at radius 1 is 0.619 bits per heavy atom. The van der Waals surface area contributed by atoms with Crippen LogP contribution in [0.3, 0.4) is 0 Å². The summed E-state index contributed by atoms with van der Waals surface area (Å²) in [6.45, 7) is 0.650. The van der Waals surface area contributed by atoms with Gasteiger partial charge in [0, 0.05) is 89.9 Å². The Hall–Kier alpha value is -5.59. The number of H-pyrrole nitrogens is 1. The number of aromatic nitrogens is 2. The number of unbranched alkanes of at least 4 members (excludes halogenated alkanes) is 4. The zero-order valence-corrected chi connectivity index (χ0v) is 36.8. The van der Waals surface area contributed by atoms with E-state index in [2.05, 4.69) is 30.6 Å². The minimum atomic E-state index is -1.12. The molecule has 0 aliphatic heterocycles. The zero-order valence-electron chi connectivity index (χ0n) is 36.8. The number of nitrogens with zero attached hydrogens (tertiary/aromatic N) is 6. The van der Waals surface area contributed by atoms with Crippen LogP contribution in [-0.2, 0) is 35.2 Å². The van der Waals surface area contributed by atoms with E-state index in [0.717, 1.165) is 0 Å². The Balaban J connectivity index is 3.44. The second-order valence-electron chi connectivity index (χ2n) is 14.9. The lowest BCUT2D eigenvalue weighted by molar-refractivity contribution is -0.142. The molecule has 24 heteroatoms. The SMILES string of the molecule is NCCCCCC(=O)N(CCNC(=O)[C@H](CCCN=C(N)N)N(CCN)C(=O)CCO)[C@@H](Cc1cnc[nH]1)C(=O)NCCN(C(=O)CCCCN=C(N)N)[C@@H](CCCCN)C(N)=O. The fourth-order valence-corrected chi connectivity index (χ4v) is 6.86. The fraction of sp³-hybridized carbons (Fsp3) is 0.718. The van der Waals surface area contributed by atoms with Gasteiger partial charge in [-0.25, -0.2) is 4.98 Å². The highest BCUT2D eigenvalue weighted by Crippen LogP contribution is 2.15. The number of guanidine groups is 2. The molecule has 6 amide bonds. The molecule has 1 heterocycles. The monoisotopic (exact) mass is 894 g/mol. The summed E-state index contributed by atoms with van der Waals surface area (Å²) in [7, 11) is 0. The van der Waals surface area contributed by atoms with Crippen LogP contribution in [0.15, 0.2) is 22.5 Å². The maximum absolute atomic E-state index is 14.3. The molecule has 1 aromatic rings. The summed E-state index contributed by atoms with van der Waals surface area (Å²) in [5.41, 5.74) is 45.3. The van der Waals surface area contributed by atoms with Gasteiger partial charge < -0.3 is 81.3 Å². The quantitative estimate of drug-likeness (QED) is 0.0172. The van der Waals surface area contributed by atoms with Gasteiger partial charge in [-0.3, -0.25) is 38.8 Å². The molecule has 358 valence electrons. The summed E-state index contributed by atoms with van der Waals surface area (Å²) in [5.74, 6) is -3.16. The molecule has 1 rings (SSSR count). The first kappa shape index (κ1) is 55.4. The molecule has 0 saturated carbocycles. The van der Waals surface area contributed by atoms with E-state index in [1.54, 1.807) is 0 Å². The van der Waals surface area contributed by atoms with Crippen molar-refractivity contribution in [2.24, 2.45) is 55.9 Å². The Morgan fingerprint density at radius 2 is 1.13 bits per heavy atom. The molecule has 0 unspecified atom stereocenters. The van der Waals surface area contributed by atoms with Gasteiger partial charge in [-0.1, -0.05) is 6.42 Å². The van der Waals surface area contributed by atoms with Crippen LogP contribution >= 0.6 is 0 Å². The lowest BCUT2D eigenvalue weighted by Crippen LogP contribution is -2.56. The second kappa shape index (κ2) is 33.0. The number of hydrogen-bond acceptors (Lipinski definition) is 13. The van der Waals surface area contributed by atoms with Crippen molar-refractivity contribution in [2.45, 2.75) is 108 Å². The number of hydrogen-bond donors (Lipinski definition) is 12. The van der Waals surface area contributed by atoms with Crippen molar-refractivity contribution in [3.8, 4) is 0 Å². The third kappa shape index (κ3) is 22.9. The van der Waals surface area contributed by atoms with E-state index < -0.39 is 48.4 Å². The summed E-state index contributed by atoms with van der Waals surface area (Å²) < 4.78 is 0. The number of primary amides is 1. The maximum Gasteiger partial charge on any atom is 0.243 e. The van der Waals surface area contributed by atoms with Crippen molar-refractivity contribution in [1.82, 2.24) is 35.3 Å². The van der Waals surface area contributed by atoms with E-state index >= 15 is 0 Å². The number of amides is 6. The third-order valence-electron chi connectivity index (χ3n) is 10.0. The van der Waals surface area contributed by atoms with Crippen LogP contribution < -0.4 is 56.5 Å². The topological polar surface area (TPSA) is 418 Å². The van der Waals surface area contributed by atoms with Gasteiger partial charge >= 0.3 is 0 Å². The van der Waals surface area contributed by atoms with Gasteiger partial charge in [0.05, 0.1) is 12.9 Å². The maximum atomic E-state index is 14.3. The third-order valence-corrected chi connectivity index (χ3v) is 10.0. The van der Waals surface area contributed by atoms with Crippen LogP contribution in [0.25, 0.3) is 0 Å². The minimum Gasteiger partial charge on any atom is -0.396 e. The molecule has 24 nitrogen and oxygen atoms in total. The Morgan fingerprint density at radius 3 is 1.65 bits per heavy atom. The number of nitrogens with one attached hydrogen (secondary N) is 3. The minimum absolute atomic E-state index is 0.0170. The highest BCUT2D eigenvalue weighted by molar-refractivity contribution is 5.89. The van der Waals surface area contributed by atoms with E-state index in [9.17, 15) is 33.9 Å². The summed E-state index contributed by atoms with van der Waals surface area (Å²) in [6, 6.07) is -3.07. The summed E-state index contributed by atoms with van der Waals surface area (Å²) in [6.07, 6.45) is 7.67. The Labute approximate surface area is 370 Å². The summed E-state index contributed by atoms with van der Waals surface area (Å²) in [4.78, 5) is 100. The number of aliphatic hydroxyl groups excluding tert-OH is 1. The molecule has 63 heavy (non-hydrogen) atoms. The number of rotatable bonds is 36. The molecule has 0 spiro atoms. The molecule has 0 aliphatic rings. The van der Waals surface area contributed by atoms with Gasteiger partial charge in [-0.2, -0.15) is 0 Å². The van der Waals surface area contributed by atoms with E-state index in [1.165, 1.54) is 27.2 Å². The zero-order chi connectivity index (χ0) is 47.0. The van der Waals surface area contributed by atoms with Gasteiger partial charge in [0.2, 0.25) is 35.4 Å². The number of carbonyl (C=O) groups excluding carboxylic acids is 6. The number of aromatic amines is 1. The van der Waals surface area contributed by atoms with Crippen molar-refractivity contribution >= 4 is 47.4 Å². The molecule has 3 atom stereocenters. The van der Waals surface area contributed by atoms with Gasteiger partial charge in [-0.05, 0) is 70.9 Å². The normalized spacial score (nSPS) is 12.3. The first-order valence-electron chi connectivity index (χ1n) is 21.7. The van der Waals surface area contributed by atoms with Crippen molar-refractivity contribution in [3.05, 3.63) is 18.2 Å². The molecule has 1 aromatic heterocycles. The predicted molar refractivity (Wildman–Crippen MR) is 240 cm³/mol. The summed E-state index contributed by atoms with van der Waals surface area (Å²) >= 11 is 0. The van der Waals surface area contributed by atoms with Gasteiger partial charge in [0.15, 0.2) is 11.9 Å². The molecule has 0 radical (unpaired) electrons. The second-order valence-corrected chi connectivity index (χ2v) is 14.9. The molecule has 0 aromatic carbocycles. The van der Waals surface area contributed by atoms with Crippen molar-refractivity contribution in [3.63, 3.8) is 0 Å². The number of aliphatic imine (C=N–C) groups is 2. The number of imidazole rings is 1. The predicted octanol–water partition coefficient (Wildman–Crippen LogP) is -4.25. The standard InChI is InChI=1S/C39H75N17O7/c40-14-5-1-2-11-33(59)56(23-20-49-36(62)30(10-8-18-52-39(46)47)54(21-16-42)34(60)13-24-57)31(25-28-26-48-27-53-28)37(63)50-19-22-55(29(35(43)61)9-3-6-15-41)32(58)12-4-7-17-51-38(44)45/h26-27,29-31,57H,1-25,40-42H2,(H2,43,61)(H,48,53)(H,49,62)(H,50,63)(H4,44,45,51)(H4,46,47,52)/t29-,30-,31-/m0/s1. The average molecular weight is 894 g/mol. The molecule has 0 bridgehead atoms. The van der Waals surface area contributed by atoms with Crippen molar-refractivity contribution in [1.29, 1.82) is 0 Å².